The van der Waals surface area contributed by atoms with E-state index in [2.05, 4.69) is 154 Å². The van der Waals surface area contributed by atoms with E-state index >= 15 is 0 Å². The molecule has 3 aromatic carbocycles. The summed E-state index contributed by atoms with van der Waals surface area (Å²) >= 11 is 0. The molecule has 0 radical (unpaired) electrons. The van der Waals surface area contributed by atoms with E-state index in [0.29, 0.717) is 0 Å². The molecule has 2 heterocycles. The number of nitrogens with zero attached hydrogens (tertiary/aromatic N) is 2. The topological polar surface area (TPSA) is 6.25 Å². The van der Waals surface area contributed by atoms with Crippen molar-refractivity contribution in [1.82, 2.24) is 0 Å². The van der Waals surface area contributed by atoms with Crippen molar-refractivity contribution >= 4 is 30.5 Å². The first-order chi connectivity index (χ1) is 24.7. The fraction of sp³-hybridized carbons (Fsp3) is 0.386. The van der Waals surface area contributed by atoms with Crippen molar-refractivity contribution in [1.29, 1.82) is 0 Å². The molecule has 0 unspecified atom stereocenters. The monoisotopic (exact) mass is 754 g/mol. The quantitative estimate of drug-likeness (QED) is 0.113. The van der Waals surface area contributed by atoms with Crippen LogP contribution in [0.2, 0.25) is 0 Å². The zero-order valence-electron chi connectivity index (χ0n) is 31.8. The predicted octanol–water partition coefficient (Wildman–Crippen LogP) is 14.8. The molecule has 0 atom stereocenters. The number of fused-ring (bicyclic) bond motifs is 2. The number of rotatable bonds is 10. The van der Waals surface area contributed by atoms with Crippen LogP contribution in [0.25, 0.3) is 5.57 Å². The van der Waals surface area contributed by atoms with Crippen molar-refractivity contribution in [2.24, 2.45) is 0 Å². The maximum atomic E-state index is 9.87. The molecule has 6 rings (SSSR count). The number of allylic oxidation sites excluding steroid dienone is 8. The van der Waals surface area contributed by atoms with E-state index in [1.54, 1.807) is 0 Å². The molecule has 3 aromatic rings. The van der Waals surface area contributed by atoms with Crippen LogP contribution in [0.3, 0.4) is 0 Å². The number of hydrogen-bond donors (Lipinski definition) is 0. The second kappa shape index (κ2) is 14.7. The van der Waals surface area contributed by atoms with Gasteiger partial charge in [0.25, 0.3) is 0 Å². The Morgan fingerprint density at radius 2 is 1.30 bits per heavy atom. The van der Waals surface area contributed by atoms with Gasteiger partial charge in [0.15, 0.2) is 5.71 Å². The van der Waals surface area contributed by atoms with Gasteiger partial charge in [-0.05, 0) is 79.5 Å². The van der Waals surface area contributed by atoms with E-state index in [1.807, 2.05) is 0 Å². The molecular formula is C44H53F6N2P. The number of hydrogen-bond acceptors (Lipinski definition) is 1. The molecule has 0 saturated heterocycles. The molecule has 9 heteroatoms. The van der Waals surface area contributed by atoms with E-state index in [4.69, 9.17) is 0 Å². The van der Waals surface area contributed by atoms with E-state index in [-0.39, 0.29) is 10.8 Å². The SMILES string of the molecule is CCCCN1C(=CC=C2CCCC(C=CC3=[N+](CCCC)c4ccccc4C3(C)C)=C2c2ccccc2)C(C)(C)c2ccccc21.F[P-](F)(F)(F)(F)F. The van der Waals surface area contributed by atoms with Crippen molar-refractivity contribution in [2.75, 3.05) is 18.0 Å². The van der Waals surface area contributed by atoms with Crippen LogP contribution in [0.15, 0.2) is 120 Å². The van der Waals surface area contributed by atoms with Crippen LogP contribution in [0, 0.1) is 0 Å². The molecular weight excluding hydrogens is 701 g/mol. The van der Waals surface area contributed by atoms with Gasteiger partial charge >= 0.3 is 33.0 Å². The van der Waals surface area contributed by atoms with Gasteiger partial charge in [0.2, 0.25) is 5.69 Å². The van der Waals surface area contributed by atoms with Crippen molar-refractivity contribution in [3.63, 3.8) is 0 Å². The zero-order valence-corrected chi connectivity index (χ0v) is 32.7. The van der Waals surface area contributed by atoms with Crippen molar-refractivity contribution < 1.29 is 29.8 Å². The Morgan fingerprint density at radius 3 is 1.96 bits per heavy atom. The molecule has 2 nitrogen and oxygen atoms in total. The normalized spacial score (nSPS) is 20.7. The van der Waals surface area contributed by atoms with E-state index in [0.717, 1.165) is 25.9 Å². The third-order valence-electron chi connectivity index (χ3n) is 10.6. The van der Waals surface area contributed by atoms with Gasteiger partial charge in [-0.3, -0.25) is 0 Å². The zero-order chi connectivity index (χ0) is 38.7. The Labute approximate surface area is 311 Å². The summed E-state index contributed by atoms with van der Waals surface area (Å²) in [7, 11) is -10.7. The molecule has 2 aliphatic heterocycles. The molecule has 53 heavy (non-hydrogen) atoms. The first-order valence-electron chi connectivity index (χ1n) is 18.8. The standard InChI is InChI=1S/C44H53N2.F6P/c1-7-9-31-45-38-25-16-14-23-36(38)43(3,4)40(45)29-27-34-21-18-22-35(42(34)33-19-12-11-13-20-33)28-30-41-44(5,6)37-24-15-17-26-39(37)46(41)32-10-8-2;1-7(2,3,4,5)6/h11-17,19-20,23-30H,7-10,18,21-22,31-32H2,1-6H3;/q+1;-1. The maximum absolute atomic E-state index is 10.7. The molecule has 0 saturated carbocycles. The van der Waals surface area contributed by atoms with E-state index in [9.17, 15) is 25.2 Å². The summed E-state index contributed by atoms with van der Waals surface area (Å²) in [5.41, 5.74) is 14.0. The molecule has 286 valence electrons. The summed E-state index contributed by atoms with van der Waals surface area (Å²) in [5, 5.41) is 0. The van der Waals surface area contributed by atoms with Crippen LogP contribution in [-0.4, -0.2) is 23.4 Å². The van der Waals surface area contributed by atoms with Crippen molar-refractivity contribution in [3.05, 3.63) is 137 Å². The Hall–Kier alpha value is -3.90. The van der Waals surface area contributed by atoms with Gasteiger partial charge in [-0.2, -0.15) is 4.58 Å². The van der Waals surface area contributed by atoms with E-state index in [1.165, 1.54) is 88.3 Å². The molecule has 1 aliphatic carbocycles. The summed E-state index contributed by atoms with van der Waals surface area (Å²) < 4.78 is 61.8. The first-order valence-corrected chi connectivity index (χ1v) is 20.8. The molecule has 0 spiro atoms. The summed E-state index contributed by atoms with van der Waals surface area (Å²) in [6.45, 7) is 16.3. The summed E-state index contributed by atoms with van der Waals surface area (Å²) in [4.78, 5) is 2.59. The number of halogens is 6. The minimum absolute atomic E-state index is 0.0307. The van der Waals surface area contributed by atoms with Gasteiger partial charge in [-0.1, -0.05) is 119 Å². The Morgan fingerprint density at radius 1 is 0.698 bits per heavy atom. The average molecular weight is 755 g/mol. The molecule has 0 amide bonds. The van der Waals surface area contributed by atoms with Crippen LogP contribution < -0.4 is 4.90 Å². The molecule has 0 aromatic heterocycles. The molecule has 0 bridgehead atoms. The molecule has 0 fully saturated rings. The van der Waals surface area contributed by atoms with Crippen LogP contribution in [0.1, 0.15) is 103 Å². The molecule has 0 N–H and O–H groups in total. The summed E-state index contributed by atoms with van der Waals surface area (Å²) in [6.07, 6.45) is 18.0. The van der Waals surface area contributed by atoms with Gasteiger partial charge in [0.1, 0.15) is 6.54 Å². The Kier molecular flexibility index (Phi) is 11.2. The second-order valence-corrected chi connectivity index (χ2v) is 17.3. The van der Waals surface area contributed by atoms with Crippen molar-refractivity contribution in [3.8, 4) is 0 Å². The van der Waals surface area contributed by atoms with Gasteiger partial charge in [-0.25, -0.2) is 0 Å². The summed E-state index contributed by atoms with van der Waals surface area (Å²) in [6, 6.07) is 29.2. The first kappa shape index (κ1) is 40.3. The van der Waals surface area contributed by atoms with Crippen molar-refractivity contribution in [2.45, 2.75) is 97.3 Å². The van der Waals surface area contributed by atoms with Gasteiger partial charge in [0.05, 0.1) is 5.41 Å². The third kappa shape index (κ3) is 9.81. The summed E-state index contributed by atoms with van der Waals surface area (Å²) in [5.74, 6) is 0. The predicted molar refractivity (Wildman–Crippen MR) is 212 cm³/mol. The Balaban J connectivity index is 0.000000705. The van der Waals surface area contributed by atoms with Crippen LogP contribution >= 0.6 is 7.81 Å². The number of anilines is 1. The number of unbranched alkanes of at least 4 members (excludes halogenated alkanes) is 2. The second-order valence-electron chi connectivity index (χ2n) is 15.3. The number of benzene rings is 3. The van der Waals surface area contributed by atoms with Gasteiger partial charge < -0.3 is 4.90 Å². The third-order valence-corrected chi connectivity index (χ3v) is 10.6. The van der Waals surface area contributed by atoms with Crippen LogP contribution in [0.4, 0.5) is 36.6 Å². The van der Waals surface area contributed by atoms with Gasteiger partial charge in [-0.15, -0.1) is 0 Å². The average Bonchev–Trinajstić information content (AvgIpc) is 3.44. The van der Waals surface area contributed by atoms with Crippen LogP contribution in [0.5, 0.6) is 0 Å². The van der Waals surface area contributed by atoms with Gasteiger partial charge in [0, 0.05) is 47.5 Å². The Bertz CT molecular complexity index is 1960. The minimum atomic E-state index is -10.7. The number of para-hydroxylation sites is 2. The van der Waals surface area contributed by atoms with Crippen LogP contribution in [-0.2, 0) is 10.8 Å². The fourth-order valence-corrected chi connectivity index (χ4v) is 7.99. The molecule has 3 aliphatic rings. The van der Waals surface area contributed by atoms with E-state index < -0.39 is 7.81 Å². The fourth-order valence-electron chi connectivity index (χ4n) is 7.99.